The summed E-state index contributed by atoms with van der Waals surface area (Å²) in [5, 5.41) is 7.86. The zero-order chi connectivity index (χ0) is 13.2. The average molecular weight is 262 g/mol. The molecule has 0 N–H and O–H groups in total. The molecular formula is C13H18N4O2. The minimum Gasteiger partial charge on any atom is -0.360 e. The van der Waals surface area contributed by atoms with Crippen LogP contribution in [0.25, 0.3) is 0 Å². The molecule has 3 heterocycles. The summed E-state index contributed by atoms with van der Waals surface area (Å²) in [6, 6.07) is 2.12. The second-order valence-electron chi connectivity index (χ2n) is 5.25. The van der Waals surface area contributed by atoms with E-state index < -0.39 is 0 Å². The van der Waals surface area contributed by atoms with E-state index in [-0.39, 0.29) is 12.0 Å². The van der Waals surface area contributed by atoms with Gasteiger partial charge in [-0.3, -0.25) is 4.90 Å². The van der Waals surface area contributed by atoms with Crippen molar-refractivity contribution in [2.24, 2.45) is 0 Å². The van der Waals surface area contributed by atoms with E-state index in [0.717, 1.165) is 37.5 Å². The first kappa shape index (κ1) is 12.3. The molecule has 102 valence electrons. The zero-order valence-electron chi connectivity index (χ0n) is 11.2. The van der Waals surface area contributed by atoms with Crippen molar-refractivity contribution in [3.05, 3.63) is 29.7 Å². The fraction of sp³-hybridized carbons (Fsp3) is 0.615. The van der Waals surface area contributed by atoms with Gasteiger partial charge in [-0.25, -0.2) is 0 Å². The van der Waals surface area contributed by atoms with E-state index in [4.69, 9.17) is 9.05 Å². The molecule has 1 atom stereocenters. The van der Waals surface area contributed by atoms with Gasteiger partial charge in [-0.2, -0.15) is 4.98 Å². The van der Waals surface area contributed by atoms with E-state index in [1.165, 1.54) is 0 Å². The molecule has 0 aromatic carbocycles. The molecule has 0 radical (unpaired) electrons. The van der Waals surface area contributed by atoms with Gasteiger partial charge in [0.25, 0.3) is 0 Å². The molecule has 0 aliphatic carbocycles. The van der Waals surface area contributed by atoms with E-state index in [1.54, 1.807) is 6.20 Å². The average Bonchev–Trinajstić information content (AvgIpc) is 3.09. The van der Waals surface area contributed by atoms with Gasteiger partial charge in [-0.05, 0) is 19.4 Å². The minimum atomic E-state index is 0.223. The fourth-order valence-electron chi connectivity index (χ4n) is 2.45. The third kappa shape index (κ3) is 2.53. The van der Waals surface area contributed by atoms with Crippen LogP contribution in [0.4, 0.5) is 0 Å². The molecule has 1 saturated heterocycles. The number of rotatable bonds is 4. The first-order valence-corrected chi connectivity index (χ1v) is 6.71. The number of likely N-dealkylation sites (tertiary alicyclic amines) is 1. The predicted octanol–water partition coefficient (Wildman–Crippen LogP) is 2.52. The Hall–Kier alpha value is -1.69. The molecule has 0 amide bonds. The maximum absolute atomic E-state index is 5.30. The van der Waals surface area contributed by atoms with Gasteiger partial charge in [0.15, 0.2) is 11.6 Å². The molecule has 0 unspecified atom stereocenters. The molecule has 2 aromatic rings. The van der Waals surface area contributed by atoms with Gasteiger partial charge in [0, 0.05) is 12.0 Å². The van der Waals surface area contributed by atoms with Crippen molar-refractivity contribution < 1.29 is 9.05 Å². The van der Waals surface area contributed by atoms with Crippen LogP contribution in [0.5, 0.6) is 0 Å². The van der Waals surface area contributed by atoms with Gasteiger partial charge in [-0.1, -0.05) is 24.2 Å². The Morgan fingerprint density at radius 1 is 1.42 bits per heavy atom. The monoisotopic (exact) mass is 262 g/mol. The largest absolute Gasteiger partial charge is 0.360 e. The van der Waals surface area contributed by atoms with Gasteiger partial charge in [-0.15, -0.1) is 0 Å². The number of hydrogen-bond donors (Lipinski definition) is 0. The Labute approximate surface area is 111 Å². The quantitative estimate of drug-likeness (QED) is 0.843. The van der Waals surface area contributed by atoms with Crippen molar-refractivity contribution in [1.29, 1.82) is 0 Å². The van der Waals surface area contributed by atoms with E-state index in [9.17, 15) is 0 Å². The standard InChI is InChI=1S/C13H18N4O2/c1-9(2)13-15-12(16-19-13)11-4-3-7-17(11)8-10-5-6-14-18-10/h5-6,9,11H,3-4,7-8H2,1-2H3/t11-/m1/s1. The van der Waals surface area contributed by atoms with Gasteiger partial charge >= 0.3 is 0 Å². The molecule has 19 heavy (non-hydrogen) atoms. The van der Waals surface area contributed by atoms with Crippen molar-refractivity contribution in [2.75, 3.05) is 6.54 Å². The van der Waals surface area contributed by atoms with E-state index in [2.05, 4.69) is 34.0 Å². The van der Waals surface area contributed by atoms with Gasteiger partial charge in [0.05, 0.1) is 18.8 Å². The summed E-state index contributed by atoms with van der Waals surface area (Å²) in [5.74, 6) is 2.65. The molecule has 0 bridgehead atoms. The summed E-state index contributed by atoms with van der Waals surface area (Å²) in [4.78, 5) is 6.82. The molecule has 1 fully saturated rings. The smallest absolute Gasteiger partial charge is 0.229 e. The van der Waals surface area contributed by atoms with Crippen LogP contribution >= 0.6 is 0 Å². The summed E-state index contributed by atoms with van der Waals surface area (Å²) < 4.78 is 10.5. The van der Waals surface area contributed by atoms with Crippen molar-refractivity contribution in [3.63, 3.8) is 0 Å². The zero-order valence-corrected chi connectivity index (χ0v) is 11.2. The van der Waals surface area contributed by atoms with Crippen LogP contribution in [0.3, 0.4) is 0 Å². The highest BCUT2D eigenvalue weighted by Gasteiger charge is 2.30. The molecule has 3 rings (SSSR count). The summed E-state index contributed by atoms with van der Waals surface area (Å²) in [5.41, 5.74) is 0. The predicted molar refractivity (Wildman–Crippen MR) is 67.3 cm³/mol. The lowest BCUT2D eigenvalue weighted by Gasteiger charge is -2.19. The topological polar surface area (TPSA) is 68.2 Å². The van der Waals surface area contributed by atoms with Crippen LogP contribution < -0.4 is 0 Å². The van der Waals surface area contributed by atoms with Crippen LogP contribution in [-0.4, -0.2) is 26.7 Å². The van der Waals surface area contributed by atoms with Gasteiger partial charge in [0.2, 0.25) is 5.89 Å². The van der Waals surface area contributed by atoms with Crippen molar-refractivity contribution in [1.82, 2.24) is 20.2 Å². The van der Waals surface area contributed by atoms with Crippen LogP contribution in [0.1, 0.15) is 56.1 Å². The Kier molecular flexibility index (Phi) is 3.33. The molecule has 6 heteroatoms. The minimum absolute atomic E-state index is 0.223. The molecular weight excluding hydrogens is 244 g/mol. The number of aromatic nitrogens is 3. The summed E-state index contributed by atoms with van der Waals surface area (Å²) in [6.45, 7) is 5.88. The van der Waals surface area contributed by atoms with Crippen LogP contribution in [0.2, 0.25) is 0 Å². The second-order valence-corrected chi connectivity index (χ2v) is 5.25. The van der Waals surface area contributed by atoms with Crippen LogP contribution in [0.15, 0.2) is 21.3 Å². The molecule has 0 spiro atoms. The number of nitrogens with zero attached hydrogens (tertiary/aromatic N) is 4. The highest BCUT2D eigenvalue weighted by molar-refractivity contribution is 5.02. The summed E-state index contributed by atoms with van der Waals surface area (Å²) in [6.07, 6.45) is 3.88. The lowest BCUT2D eigenvalue weighted by atomic mass is 10.2. The second kappa shape index (κ2) is 5.13. The molecule has 2 aromatic heterocycles. The summed E-state index contributed by atoms with van der Waals surface area (Å²) >= 11 is 0. The third-order valence-corrected chi connectivity index (χ3v) is 3.46. The Morgan fingerprint density at radius 3 is 3.00 bits per heavy atom. The highest BCUT2D eigenvalue weighted by Crippen LogP contribution is 2.32. The number of hydrogen-bond acceptors (Lipinski definition) is 6. The normalized spacial score (nSPS) is 20.5. The van der Waals surface area contributed by atoms with E-state index in [1.807, 2.05) is 6.07 Å². The van der Waals surface area contributed by atoms with Crippen molar-refractivity contribution in [2.45, 2.75) is 45.2 Å². The summed E-state index contributed by atoms with van der Waals surface area (Å²) in [7, 11) is 0. The van der Waals surface area contributed by atoms with E-state index in [0.29, 0.717) is 5.89 Å². The van der Waals surface area contributed by atoms with Gasteiger partial charge < -0.3 is 9.05 Å². The Morgan fingerprint density at radius 2 is 2.32 bits per heavy atom. The lowest BCUT2D eigenvalue weighted by molar-refractivity contribution is 0.207. The van der Waals surface area contributed by atoms with Gasteiger partial charge in [0.1, 0.15) is 0 Å². The molecule has 1 aliphatic rings. The van der Waals surface area contributed by atoms with Crippen LogP contribution in [0, 0.1) is 0 Å². The van der Waals surface area contributed by atoms with Crippen molar-refractivity contribution >= 4 is 0 Å². The maximum Gasteiger partial charge on any atom is 0.229 e. The molecule has 6 nitrogen and oxygen atoms in total. The fourth-order valence-corrected chi connectivity index (χ4v) is 2.45. The Bertz CT molecular complexity index is 520. The Balaban J connectivity index is 1.74. The first-order valence-electron chi connectivity index (χ1n) is 6.71. The molecule has 0 saturated carbocycles. The lowest BCUT2D eigenvalue weighted by Crippen LogP contribution is -2.23. The maximum atomic E-state index is 5.30. The first-order chi connectivity index (χ1) is 9.24. The van der Waals surface area contributed by atoms with Crippen molar-refractivity contribution in [3.8, 4) is 0 Å². The SMILES string of the molecule is CC(C)c1nc([C@H]2CCCN2Cc2ccno2)no1. The van der Waals surface area contributed by atoms with E-state index >= 15 is 0 Å². The molecule has 1 aliphatic heterocycles. The third-order valence-electron chi connectivity index (χ3n) is 3.46. The highest BCUT2D eigenvalue weighted by atomic mass is 16.5. The van der Waals surface area contributed by atoms with Crippen LogP contribution in [-0.2, 0) is 6.54 Å².